The van der Waals surface area contributed by atoms with E-state index in [1.54, 1.807) is 6.92 Å². The summed E-state index contributed by atoms with van der Waals surface area (Å²) in [5.41, 5.74) is 4.47. The van der Waals surface area contributed by atoms with Crippen LogP contribution in [-0.2, 0) is 15.8 Å². The lowest BCUT2D eigenvalue weighted by molar-refractivity contribution is -0.138. The molecule has 2 rings (SSSR count). The van der Waals surface area contributed by atoms with Crippen LogP contribution in [0.2, 0.25) is 0 Å². The standard InChI is InChI=1S/C20H28F3N3O2.ClH/c1-2-26(18(28)12-19(14-24)10-6-3-7-11-19)13-17(27)25-16-9-5-4-8-15(16)20(21,22)23;/h4-5,8-9H,2-3,6-7,10-14,24H2,1H3,(H,25,27);1H. The molecule has 0 heterocycles. The van der Waals surface area contributed by atoms with E-state index < -0.39 is 17.6 Å². The fraction of sp³-hybridized carbons (Fsp3) is 0.600. The first-order valence-corrected chi connectivity index (χ1v) is 9.65. The van der Waals surface area contributed by atoms with Crippen molar-refractivity contribution in [2.24, 2.45) is 11.1 Å². The van der Waals surface area contributed by atoms with Crippen LogP contribution in [0.4, 0.5) is 18.9 Å². The molecule has 0 atom stereocenters. The van der Waals surface area contributed by atoms with Crippen LogP contribution in [0.15, 0.2) is 24.3 Å². The molecule has 0 saturated heterocycles. The third-order valence-electron chi connectivity index (χ3n) is 5.45. The van der Waals surface area contributed by atoms with E-state index in [0.717, 1.165) is 38.2 Å². The third-order valence-corrected chi connectivity index (χ3v) is 5.45. The number of para-hydroxylation sites is 1. The van der Waals surface area contributed by atoms with E-state index in [4.69, 9.17) is 5.73 Å². The second kappa shape index (κ2) is 10.8. The van der Waals surface area contributed by atoms with Gasteiger partial charge in [0, 0.05) is 13.0 Å². The summed E-state index contributed by atoms with van der Waals surface area (Å²) in [4.78, 5) is 26.4. The van der Waals surface area contributed by atoms with Gasteiger partial charge < -0.3 is 16.0 Å². The normalized spacial score (nSPS) is 15.9. The summed E-state index contributed by atoms with van der Waals surface area (Å²) in [5, 5.41) is 2.29. The highest BCUT2D eigenvalue weighted by atomic mass is 35.5. The molecule has 0 aromatic heterocycles. The van der Waals surface area contributed by atoms with Crippen molar-refractivity contribution in [3.8, 4) is 0 Å². The van der Waals surface area contributed by atoms with E-state index in [9.17, 15) is 22.8 Å². The Kier molecular flexibility index (Phi) is 9.42. The molecule has 1 aliphatic carbocycles. The van der Waals surface area contributed by atoms with Crippen molar-refractivity contribution in [3.05, 3.63) is 29.8 Å². The number of alkyl halides is 3. The van der Waals surface area contributed by atoms with E-state index >= 15 is 0 Å². The van der Waals surface area contributed by atoms with Crippen LogP contribution in [-0.4, -0.2) is 36.3 Å². The van der Waals surface area contributed by atoms with Crippen molar-refractivity contribution < 1.29 is 22.8 Å². The van der Waals surface area contributed by atoms with Gasteiger partial charge in [0.05, 0.1) is 17.8 Å². The maximum atomic E-state index is 13.1. The van der Waals surface area contributed by atoms with Gasteiger partial charge in [-0.3, -0.25) is 9.59 Å². The summed E-state index contributed by atoms with van der Waals surface area (Å²) in [5.74, 6) is -0.841. The molecule has 9 heteroatoms. The number of nitrogens with zero attached hydrogens (tertiary/aromatic N) is 1. The molecular weight excluding hydrogens is 407 g/mol. The number of nitrogens with one attached hydrogen (secondary N) is 1. The lowest BCUT2D eigenvalue weighted by atomic mass is 9.71. The van der Waals surface area contributed by atoms with Crippen LogP contribution >= 0.6 is 12.4 Å². The Hall–Kier alpha value is -1.80. The Bertz CT molecular complexity index is 692. The quantitative estimate of drug-likeness (QED) is 0.673. The van der Waals surface area contributed by atoms with Gasteiger partial charge in [0.15, 0.2) is 0 Å². The van der Waals surface area contributed by atoms with Crippen LogP contribution in [0.5, 0.6) is 0 Å². The van der Waals surface area contributed by atoms with Gasteiger partial charge >= 0.3 is 6.18 Å². The van der Waals surface area contributed by atoms with E-state index in [1.807, 2.05) is 0 Å². The van der Waals surface area contributed by atoms with Gasteiger partial charge in [-0.1, -0.05) is 31.4 Å². The van der Waals surface area contributed by atoms with Gasteiger partial charge in [-0.25, -0.2) is 0 Å². The smallest absolute Gasteiger partial charge is 0.334 e. The Labute approximate surface area is 175 Å². The SMILES string of the molecule is CCN(CC(=O)Nc1ccccc1C(F)(F)F)C(=O)CC1(CN)CCCCC1.Cl. The number of anilines is 1. The molecule has 1 saturated carbocycles. The molecule has 29 heavy (non-hydrogen) atoms. The topological polar surface area (TPSA) is 75.4 Å². The number of rotatable bonds is 7. The van der Waals surface area contributed by atoms with Gasteiger partial charge in [-0.2, -0.15) is 13.2 Å². The molecule has 1 fully saturated rings. The number of carbonyl (C=O) groups is 2. The molecule has 1 aromatic rings. The molecule has 0 aliphatic heterocycles. The third kappa shape index (κ3) is 6.89. The highest BCUT2D eigenvalue weighted by Gasteiger charge is 2.35. The highest BCUT2D eigenvalue weighted by molar-refractivity contribution is 5.95. The second-order valence-corrected chi connectivity index (χ2v) is 7.44. The predicted molar refractivity (Wildman–Crippen MR) is 109 cm³/mol. The predicted octanol–water partition coefficient (Wildman–Crippen LogP) is 4.21. The van der Waals surface area contributed by atoms with Crippen LogP contribution in [0.25, 0.3) is 0 Å². The van der Waals surface area contributed by atoms with E-state index in [1.165, 1.54) is 23.1 Å². The molecule has 1 aliphatic rings. The van der Waals surface area contributed by atoms with Gasteiger partial charge in [0.2, 0.25) is 11.8 Å². The van der Waals surface area contributed by atoms with E-state index in [2.05, 4.69) is 5.32 Å². The lowest BCUT2D eigenvalue weighted by Gasteiger charge is -2.37. The fourth-order valence-corrected chi connectivity index (χ4v) is 3.77. The van der Waals surface area contributed by atoms with Crippen molar-refractivity contribution in [3.63, 3.8) is 0 Å². The molecular formula is C20H29ClF3N3O2. The van der Waals surface area contributed by atoms with E-state index in [0.29, 0.717) is 13.1 Å². The summed E-state index contributed by atoms with van der Waals surface area (Å²) in [6, 6.07) is 4.79. The Balaban J connectivity index is 0.00000420. The van der Waals surface area contributed by atoms with Crippen molar-refractivity contribution in [1.29, 1.82) is 0 Å². The minimum atomic E-state index is -4.57. The number of amides is 2. The summed E-state index contributed by atoms with van der Waals surface area (Å²) in [6.45, 7) is 2.17. The molecule has 5 nitrogen and oxygen atoms in total. The van der Waals surface area contributed by atoms with Crippen molar-refractivity contribution in [1.82, 2.24) is 4.90 Å². The zero-order valence-electron chi connectivity index (χ0n) is 16.6. The van der Waals surface area contributed by atoms with Crippen molar-refractivity contribution in [2.75, 3.05) is 25.0 Å². The van der Waals surface area contributed by atoms with Gasteiger partial charge in [-0.15, -0.1) is 12.4 Å². The largest absolute Gasteiger partial charge is 0.418 e. The first-order chi connectivity index (χ1) is 13.2. The molecule has 3 N–H and O–H groups in total. The molecule has 2 amide bonds. The number of hydrogen-bond donors (Lipinski definition) is 2. The van der Waals surface area contributed by atoms with Gasteiger partial charge in [0.25, 0.3) is 0 Å². The average Bonchev–Trinajstić information content (AvgIpc) is 2.66. The Morgan fingerprint density at radius 3 is 2.34 bits per heavy atom. The van der Waals surface area contributed by atoms with Crippen molar-refractivity contribution >= 4 is 29.9 Å². The van der Waals surface area contributed by atoms with Crippen LogP contribution in [0, 0.1) is 5.41 Å². The molecule has 164 valence electrons. The number of carbonyl (C=O) groups excluding carboxylic acids is 2. The first kappa shape index (κ1) is 25.2. The monoisotopic (exact) mass is 435 g/mol. The number of likely N-dealkylation sites (N-methyl/N-ethyl adjacent to an activating group) is 1. The summed E-state index contributed by atoms with van der Waals surface area (Å²) < 4.78 is 39.2. The van der Waals surface area contributed by atoms with Crippen LogP contribution < -0.4 is 11.1 Å². The van der Waals surface area contributed by atoms with Crippen molar-refractivity contribution in [2.45, 2.75) is 51.6 Å². The lowest BCUT2D eigenvalue weighted by Crippen LogP contribution is -2.43. The maximum absolute atomic E-state index is 13.1. The molecule has 0 radical (unpaired) electrons. The van der Waals surface area contributed by atoms with E-state index in [-0.39, 0.29) is 42.4 Å². The number of benzene rings is 1. The molecule has 0 bridgehead atoms. The Morgan fingerprint density at radius 2 is 1.79 bits per heavy atom. The Morgan fingerprint density at radius 1 is 1.17 bits per heavy atom. The zero-order chi connectivity index (χ0) is 20.8. The minimum Gasteiger partial charge on any atom is -0.334 e. The maximum Gasteiger partial charge on any atom is 0.418 e. The molecule has 0 spiro atoms. The minimum absolute atomic E-state index is 0. The highest BCUT2D eigenvalue weighted by Crippen LogP contribution is 2.39. The molecule has 1 aromatic carbocycles. The average molecular weight is 436 g/mol. The summed E-state index contributed by atoms with van der Waals surface area (Å²) in [7, 11) is 0. The number of halogens is 4. The van der Waals surface area contributed by atoms with Crippen LogP contribution in [0.3, 0.4) is 0 Å². The number of hydrogen-bond acceptors (Lipinski definition) is 3. The number of nitrogens with two attached hydrogens (primary N) is 1. The van der Waals surface area contributed by atoms with Gasteiger partial charge in [0.1, 0.15) is 0 Å². The fourth-order valence-electron chi connectivity index (χ4n) is 3.77. The summed E-state index contributed by atoms with van der Waals surface area (Å²) in [6.07, 6.45) is 0.670. The first-order valence-electron chi connectivity index (χ1n) is 9.65. The molecule has 0 unspecified atom stereocenters. The van der Waals surface area contributed by atoms with Gasteiger partial charge in [-0.05, 0) is 43.9 Å². The summed E-state index contributed by atoms with van der Waals surface area (Å²) >= 11 is 0. The zero-order valence-corrected chi connectivity index (χ0v) is 17.4. The van der Waals surface area contributed by atoms with Crippen LogP contribution in [0.1, 0.15) is 51.0 Å². The second-order valence-electron chi connectivity index (χ2n) is 7.44.